The first-order chi connectivity index (χ1) is 10.8. The molecule has 0 aliphatic carbocycles. The van der Waals surface area contributed by atoms with Crippen molar-refractivity contribution >= 4 is 28.8 Å². The van der Waals surface area contributed by atoms with Crippen LogP contribution in [0, 0.1) is 0 Å². The van der Waals surface area contributed by atoms with Crippen molar-refractivity contribution in [1.29, 1.82) is 0 Å². The molecule has 2 amide bonds. The van der Waals surface area contributed by atoms with Crippen LogP contribution < -0.4 is 4.90 Å². The molecule has 0 radical (unpaired) electrons. The number of hydrogen-bond acceptors (Lipinski definition) is 4. The van der Waals surface area contributed by atoms with E-state index in [1.807, 2.05) is 26.6 Å². The van der Waals surface area contributed by atoms with Crippen LogP contribution >= 0.6 is 11.3 Å². The van der Waals surface area contributed by atoms with Crippen molar-refractivity contribution in [3.63, 3.8) is 0 Å². The Morgan fingerprint density at radius 3 is 2.77 bits per heavy atom. The highest BCUT2D eigenvalue weighted by atomic mass is 32.1. The average molecular weight is 313 g/mol. The highest BCUT2D eigenvalue weighted by Gasteiger charge is 2.48. The maximum atomic E-state index is 12.7. The van der Waals surface area contributed by atoms with E-state index in [-0.39, 0.29) is 23.9 Å². The van der Waals surface area contributed by atoms with E-state index in [1.54, 1.807) is 35.9 Å². The molecule has 22 heavy (non-hydrogen) atoms. The van der Waals surface area contributed by atoms with Gasteiger partial charge in [-0.15, -0.1) is 0 Å². The number of rotatable bonds is 2. The van der Waals surface area contributed by atoms with E-state index in [2.05, 4.69) is 4.98 Å². The van der Waals surface area contributed by atoms with E-state index < -0.39 is 0 Å². The second-order valence-electron chi connectivity index (χ2n) is 5.61. The summed E-state index contributed by atoms with van der Waals surface area (Å²) in [6, 6.07) is 5.51. The van der Waals surface area contributed by atoms with Crippen molar-refractivity contribution in [2.75, 3.05) is 11.4 Å². The molecule has 0 bridgehead atoms. The molecule has 0 N–H and O–H groups in total. The fourth-order valence-corrected chi connectivity index (χ4v) is 4.12. The number of pyridine rings is 1. The van der Waals surface area contributed by atoms with Crippen molar-refractivity contribution in [1.82, 2.24) is 9.88 Å². The van der Waals surface area contributed by atoms with E-state index in [1.165, 1.54) is 0 Å². The summed E-state index contributed by atoms with van der Waals surface area (Å²) in [5.41, 5.74) is 1.60. The lowest BCUT2D eigenvalue weighted by molar-refractivity contribution is -0.117. The molecule has 2 aromatic heterocycles. The van der Waals surface area contributed by atoms with Crippen LogP contribution in [0.2, 0.25) is 0 Å². The highest BCUT2D eigenvalue weighted by Crippen LogP contribution is 2.37. The lowest BCUT2D eigenvalue weighted by Gasteiger charge is -2.24. The molecule has 2 aromatic rings. The molecule has 112 valence electrons. The van der Waals surface area contributed by atoms with E-state index in [0.717, 1.165) is 12.1 Å². The van der Waals surface area contributed by atoms with Gasteiger partial charge in [-0.2, -0.15) is 11.3 Å². The van der Waals surface area contributed by atoms with Crippen LogP contribution in [-0.2, 0) is 4.79 Å². The van der Waals surface area contributed by atoms with Crippen LogP contribution in [-0.4, -0.2) is 40.3 Å². The van der Waals surface area contributed by atoms with Crippen molar-refractivity contribution in [3.8, 4) is 0 Å². The van der Waals surface area contributed by atoms with Gasteiger partial charge in [-0.1, -0.05) is 0 Å². The summed E-state index contributed by atoms with van der Waals surface area (Å²) in [5.74, 6) is 0.107. The minimum Gasteiger partial charge on any atom is -0.333 e. The lowest BCUT2D eigenvalue weighted by atomic mass is 10.1. The molecule has 6 heteroatoms. The molecular weight excluding hydrogens is 298 g/mol. The first-order valence-electron chi connectivity index (χ1n) is 7.31. The molecule has 2 fully saturated rings. The molecule has 0 saturated carbocycles. The number of carbonyl (C=O) groups excluding carboxylic acids is 2. The molecular formula is C16H15N3O2S. The summed E-state index contributed by atoms with van der Waals surface area (Å²) in [6.45, 7) is 0.699. The Labute approximate surface area is 132 Å². The molecule has 2 aliphatic rings. The number of nitrogens with zero attached hydrogens (tertiary/aromatic N) is 3. The molecule has 0 aromatic carbocycles. The van der Waals surface area contributed by atoms with E-state index in [0.29, 0.717) is 18.5 Å². The second kappa shape index (κ2) is 5.21. The number of anilines is 1. The van der Waals surface area contributed by atoms with Crippen molar-refractivity contribution in [3.05, 3.63) is 46.9 Å². The van der Waals surface area contributed by atoms with Crippen LogP contribution in [0.4, 0.5) is 5.69 Å². The van der Waals surface area contributed by atoms with Gasteiger partial charge in [-0.25, -0.2) is 0 Å². The van der Waals surface area contributed by atoms with E-state index in [4.69, 9.17) is 0 Å². The number of likely N-dealkylation sites (tertiary alicyclic amines) is 1. The van der Waals surface area contributed by atoms with Crippen molar-refractivity contribution in [2.45, 2.75) is 24.9 Å². The van der Waals surface area contributed by atoms with Gasteiger partial charge in [0.15, 0.2) is 0 Å². The largest absolute Gasteiger partial charge is 0.333 e. The molecule has 4 rings (SSSR count). The van der Waals surface area contributed by atoms with Gasteiger partial charge in [0.25, 0.3) is 5.91 Å². The first kappa shape index (κ1) is 13.5. The monoisotopic (exact) mass is 313 g/mol. The SMILES string of the molecule is O=C(c1ccncc1)N1CC[C@@H]2[C@@H]1CC(=O)N2c1ccsc1. The van der Waals surface area contributed by atoms with Gasteiger partial charge in [0, 0.05) is 36.3 Å². The van der Waals surface area contributed by atoms with Gasteiger partial charge in [-0.3, -0.25) is 14.6 Å². The lowest BCUT2D eigenvalue weighted by Crippen LogP contribution is -2.39. The zero-order valence-corrected chi connectivity index (χ0v) is 12.7. The molecule has 4 heterocycles. The van der Waals surface area contributed by atoms with Gasteiger partial charge in [0.2, 0.25) is 5.91 Å². The Balaban J connectivity index is 1.60. The third kappa shape index (κ3) is 2.02. The molecule has 0 unspecified atom stereocenters. The van der Waals surface area contributed by atoms with Crippen LogP contribution in [0.3, 0.4) is 0 Å². The van der Waals surface area contributed by atoms with Gasteiger partial charge in [-0.05, 0) is 30.0 Å². The van der Waals surface area contributed by atoms with Crippen LogP contribution in [0.15, 0.2) is 41.4 Å². The minimum absolute atomic E-state index is 0.00475. The second-order valence-corrected chi connectivity index (χ2v) is 6.39. The number of amides is 2. The summed E-state index contributed by atoms with van der Waals surface area (Å²) < 4.78 is 0. The van der Waals surface area contributed by atoms with Crippen LogP contribution in [0.1, 0.15) is 23.2 Å². The summed E-state index contributed by atoms with van der Waals surface area (Å²) in [7, 11) is 0. The average Bonchev–Trinajstić information content (AvgIpc) is 3.24. The van der Waals surface area contributed by atoms with Gasteiger partial charge in [0.1, 0.15) is 0 Å². The van der Waals surface area contributed by atoms with Gasteiger partial charge in [0.05, 0.1) is 17.8 Å². The number of hydrogen-bond donors (Lipinski definition) is 0. The predicted octanol–water partition coefficient (Wildman–Crippen LogP) is 2.16. The first-order valence-corrected chi connectivity index (χ1v) is 8.25. The molecule has 5 nitrogen and oxygen atoms in total. The topological polar surface area (TPSA) is 53.5 Å². The van der Waals surface area contributed by atoms with Crippen molar-refractivity contribution < 1.29 is 9.59 Å². The van der Waals surface area contributed by atoms with E-state index >= 15 is 0 Å². The Morgan fingerprint density at radius 2 is 2.05 bits per heavy atom. The number of thiophene rings is 1. The standard InChI is InChI=1S/C16H15N3O2S/c20-15-9-14-13(19(15)12-4-8-22-10-12)3-7-18(14)16(21)11-1-5-17-6-2-11/h1-2,4-6,8,10,13-14H,3,7,9H2/t13-,14+/m1/s1. The van der Waals surface area contributed by atoms with Gasteiger partial charge >= 0.3 is 0 Å². The minimum atomic E-state index is -0.0203. The third-order valence-electron chi connectivity index (χ3n) is 4.47. The zero-order valence-electron chi connectivity index (χ0n) is 11.9. The Bertz CT molecular complexity index is 701. The normalized spacial score (nSPS) is 23.9. The predicted molar refractivity (Wildman–Crippen MR) is 83.9 cm³/mol. The maximum Gasteiger partial charge on any atom is 0.254 e. The summed E-state index contributed by atoms with van der Waals surface area (Å²) in [6.07, 6.45) is 4.50. The van der Waals surface area contributed by atoms with Crippen molar-refractivity contribution in [2.24, 2.45) is 0 Å². The third-order valence-corrected chi connectivity index (χ3v) is 5.14. The Morgan fingerprint density at radius 1 is 1.23 bits per heavy atom. The van der Waals surface area contributed by atoms with Crippen LogP contribution in [0.25, 0.3) is 0 Å². The quantitative estimate of drug-likeness (QED) is 0.854. The summed E-state index contributed by atoms with van der Waals surface area (Å²) in [4.78, 5) is 32.7. The highest BCUT2D eigenvalue weighted by molar-refractivity contribution is 7.08. The Hall–Kier alpha value is -2.21. The fraction of sp³-hybridized carbons (Fsp3) is 0.312. The fourth-order valence-electron chi connectivity index (χ4n) is 3.49. The summed E-state index contributed by atoms with van der Waals surface area (Å²) >= 11 is 1.59. The molecule has 2 saturated heterocycles. The number of fused-ring (bicyclic) bond motifs is 1. The maximum absolute atomic E-state index is 12.7. The Kier molecular flexibility index (Phi) is 3.18. The molecule has 0 spiro atoms. The van der Waals surface area contributed by atoms with Crippen LogP contribution in [0.5, 0.6) is 0 Å². The number of carbonyl (C=O) groups is 2. The van der Waals surface area contributed by atoms with E-state index in [9.17, 15) is 9.59 Å². The van der Waals surface area contributed by atoms with Gasteiger partial charge < -0.3 is 9.80 Å². The molecule has 2 atom stereocenters. The zero-order chi connectivity index (χ0) is 15.1. The molecule has 2 aliphatic heterocycles. The summed E-state index contributed by atoms with van der Waals surface area (Å²) in [5, 5.41) is 3.97. The smallest absolute Gasteiger partial charge is 0.254 e. The number of aromatic nitrogens is 1.